The third kappa shape index (κ3) is 3.27. The number of fused-ring (bicyclic) bond motifs is 1. The number of nitrogen functional groups attached to an aromatic ring is 1. The maximum Gasteiger partial charge on any atom is 0.243 e. The predicted octanol–water partition coefficient (Wildman–Crippen LogP) is 3.36. The molecule has 0 aliphatic heterocycles. The Hall–Kier alpha value is -3.26. The molecule has 2 aromatic carbocycles. The van der Waals surface area contributed by atoms with Crippen molar-refractivity contribution in [2.45, 2.75) is 13.5 Å². The number of aromatic hydroxyl groups is 1. The first-order valence-corrected chi connectivity index (χ1v) is 8.79. The van der Waals surface area contributed by atoms with Crippen LogP contribution in [0.15, 0.2) is 42.6 Å². The molecule has 4 aromatic rings. The van der Waals surface area contributed by atoms with Crippen molar-refractivity contribution < 1.29 is 5.11 Å². The van der Waals surface area contributed by atoms with Gasteiger partial charge in [-0.25, -0.2) is 9.97 Å². The summed E-state index contributed by atoms with van der Waals surface area (Å²) in [5.74, 6) is 0.650. The highest BCUT2D eigenvalue weighted by Gasteiger charge is 2.09. The predicted molar refractivity (Wildman–Crippen MR) is 103 cm³/mol. The highest BCUT2D eigenvalue weighted by atomic mass is 32.1. The molecule has 0 saturated heterocycles. The molecule has 26 heavy (non-hydrogen) atoms. The number of nitrogens with zero attached hydrogens (tertiary/aromatic N) is 4. The summed E-state index contributed by atoms with van der Waals surface area (Å²) >= 11 is 1.60. The highest BCUT2D eigenvalue weighted by Crippen LogP contribution is 2.26. The van der Waals surface area contributed by atoms with Crippen LogP contribution in [0.2, 0.25) is 0 Å². The van der Waals surface area contributed by atoms with E-state index in [4.69, 9.17) is 5.73 Å². The van der Waals surface area contributed by atoms with Gasteiger partial charge in [-0.15, -0.1) is 16.4 Å². The number of aromatic nitrogens is 4. The number of thiazole rings is 1. The van der Waals surface area contributed by atoms with Gasteiger partial charge in [0.25, 0.3) is 0 Å². The topological polar surface area (TPSA) is 110 Å². The number of rotatable bonds is 4. The van der Waals surface area contributed by atoms with Crippen LogP contribution in [0.1, 0.15) is 10.6 Å². The SMILES string of the molecule is Cc1cc(O)ccc1-c1cnnc(NCc2nc3cc(N)ccc3s2)n1. The van der Waals surface area contributed by atoms with Gasteiger partial charge in [0.1, 0.15) is 10.8 Å². The van der Waals surface area contributed by atoms with Crippen LogP contribution in [0.4, 0.5) is 11.6 Å². The molecule has 8 heteroatoms. The lowest BCUT2D eigenvalue weighted by molar-refractivity contribution is 0.475. The van der Waals surface area contributed by atoms with E-state index in [0.717, 1.165) is 26.4 Å². The number of anilines is 2. The van der Waals surface area contributed by atoms with Crippen LogP contribution in [0, 0.1) is 6.92 Å². The minimum absolute atomic E-state index is 0.225. The monoisotopic (exact) mass is 364 g/mol. The van der Waals surface area contributed by atoms with E-state index in [2.05, 4.69) is 25.5 Å². The Kier molecular flexibility index (Phi) is 4.10. The Morgan fingerprint density at radius 3 is 2.88 bits per heavy atom. The summed E-state index contributed by atoms with van der Waals surface area (Å²) in [6.07, 6.45) is 1.60. The molecule has 2 heterocycles. The second-order valence-electron chi connectivity index (χ2n) is 5.85. The van der Waals surface area contributed by atoms with Crippen LogP contribution in [-0.2, 0) is 6.54 Å². The maximum absolute atomic E-state index is 9.55. The molecule has 4 N–H and O–H groups in total. The van der Waals surface area contributed by atoms with E-state index in [1.54, 1.807) is 29.7 Å². The standard InChI is InChI=1S/C18H16N6OS/c1-10-6-12(25)3-4-13(10)15-8-21-24-18(23-15)20-9-17-22-14-7-11(19)2-5-16(14)26-17/h2-8,25H,9,19H2,1H3,(H,20,23,24). The summed E-state index contributed by atoms with van der Waals surface area (Å²) in [4.78, 5) is 9.07. The fourth-order valence-corrected chi connectivity index (χ4v) is 3.55. The van der Waals surface area contributed by atoms with Crippen molar-refractivity contribution >= 4 is 33.2 Å². The molecule has 0 unspecified atom stereocenters. The Morgan fingerprint density at radius 2 is 2.04 bits per heavy atom. The Labute approximate surface area is 153 Å². The Morgan fingerprint density at radius 1 is 1.15 bits per heavy atom. The van der Waals surface area contributed by atoms with Crippen LogP contribution in [0.3, 0.4) is 0 Å². The second kappa shape index (κ2) is 6.57. The fourth-order valence-electron chi connectivity index (χ4n) is 2.67. The number of phenolic OH excluding ortho intramolecular Hbond substituents is 1. The van der Waals surface area contributed by atoms with Crippen molar-refractivity contribution in [1.82, 2.24) is 20.2 Å². The highest BCUT2D eigenvalue weighted by molar-refractivity contribution is 7.18. The first kappa shape index (κ1) is 16.2. The minimum atomic E-state index is 0.225. The zero-order valence-corrected chi connectivity index (χ0v) is 14.8. The van der Waals surface area contributed by atoms with Gasteiger partial charge in [0.2, 0.25) is 5.95 Å². The van der Waals surface area contributed by atoms with Crippen LogP contribution < -0.4 is 11.1 Å². The summed E-state index contributed by atoms with van der Waals surface area (Å²) in [7, 11) is 0. The van der Waals surface area contributed by atoms with Crippen molar-refractivity contribution in [1.29, 1.82) is 0 Å². The van der Waals surface area contributed by atoms with Gasteiger partial charge in [-0.05, 0) is 48.9 Å². The summed E-state index contributed by atoms with van der Waals surface area (Å²) in [6, 6.07) is 10.8. The quantitative estimate of drug-likeness (QED) is 0.476. The van der Waals surface area contributed by atoms with E-state index >= 15 is 0 Å². The average Bonchev–Trinajstić information content (AvgIpc) is 3.02. The number of hydrogen-bond donors (Lipinski definition) is 3. The zero-order chi connectivity index (χ0) is 18.1. The van der Waals surface area contributed by atoms with Crippen molar-refractivity contribution in [3.63, 3.8) is 0 Å². The molecule has 0 saturated carbocycles. The minimum Gasteiger partial charge on any atom is -0.508 e. The number of phenols is 1. The molecule has 0 aliphatic rings. The third-order valence-corrected chi connectivity index (χ3v) is 4.93. The maximum atomic E-state index is 9.55. The fraction of sp³-hybridized carbons (Fsp3) is 0.111. The molecular formula is C18H16N6OS. The van der Waals surface area contributed by atoms with Gasteiger partial charge in [-0.1, -0.05) is 0 Å². The van der Waals surface area contributed by atoms with Crippen LogP contribution in [0.25, 0.3) is 21.5 Å². The van der Waals surface area contributed by atoms with Gasteiger partial charge in [-0.2, -0.15) is 5.10 Å². The largest absolute Gasteiger partial charge is 0.508 e. The van der Waals surface area contributed by atoms with Gasteiger partial charge in [0, 0.05) is 11.3 Å². The lowest BCUT2D eigenvalue weighted by Crippen LogP contribution is -2.05. The summed E-state index contributed by atoms with van der Waals surface area (Å²) in [6.45, 7) is 2.41. The van der Waals surface area contributed by atoms with E-state index in [1.807, 2.05) is 31.2 Å². The molecule has 0 aliphatic carbocycles. The van der Waals surface area contributed by atoms with Crippen LogP contribution in [-0.4, -0.2) is 25.3 Å². The molecule has 0 fully saturated rings. The average molecular weight is 364 g/mol. The van der Waals surface area contributed by atoms with Crippen molar-refractivity contribution in [3.05, 3.63) is 53.2 Å². The van der Waals surface area contributed by atoms with E-state index in [-0.39, 0.29) is 5.75 Å². The van der Waals surface area contributed by atoms with E-state index in [9.17, 15) is 5.11 Å². The number of aryl methyl sites for hydroxylation is 1. The van der Waals surface area contributed by atoms with Crippen molar-refractivity contribution in [3.8, 4) is 17.0 Å². The zero-order valence-electron chi connectivity index (χ0n) is 14.0. The van der Waals surface area contributed by atoms with Gasteiger partial charge >= 0.3 is 0 Å². The molecule has 0 radical (unpaired) electrons. The Balaban J connectivity index is 1.54. The molecule has 4 rings (SSSR count). The summed E-state index contributed by atoms with van der Waals surface area (Å²) < 4.78 is 1.09. The first-order chi connectivity index (χ1) is 12.6. The van der Waals surface area contributed by atoms with Gasteiger partial charge in [0.05, 0.1) is 28.7 Å². The normalized spacial score (nSPS) is 11.0. The van der Waals surface area contributed by atoms with Crippen LogP contribution in [0.5, 0.6) is 5.75 Å². The number of hydrogen-bond acceptors (Lipinski definition) is 8. The molecular weight excluding hydrogens is 348 g/mol. The molecule has 0 amide bonds. The number of nitrogens with two attached hydrogens (primary N) is 1. The van der Waals surface area contributed by atoms with Gasteiger partial charge < -0.3 is 16.2 Å². The van der Waals surface area contributed by atoms with E-state index < -0.39 is 0 Å². The third-order valence-electron chi connectivity index (χ3n) is 3.90. The molecule has 7 nitrogen and oxygen atoms in total. The second-order valence-corrected chi connectivity index (χ2v) is 6.97. The first-order valence-electron chi connectivity index (χ1n) is 7.97. The molecule has 2 aromatic heterocycles. The van der Waals surface area contributed by atoms with Gasteiger partial charge in [-0.3, -0.25) is 0 Å². The van der Waals surface area contributed by atoms with Crippen LogP contribution >= 0.6 is 11.3 Å². The van der Waals surface area contributed by atoms with Gasteiger partial charge in [0.15, 0.2) is 0 Å². The lowest BCUT2D eigenvalue weighted by atomic mass is 10.1. The van der Waals surface area contributed by atoms with Crippen molar-refractivity contribution in [2.24, 2.45) is 0 Å². The molecule has 0 spiro atoms. The number of nitrogens with one attached hydrogen (secondary N) is 1. The Bertz CT molecular complexity index is 1090. The van der Waals surface area contributed by atoms with E-state index in [0.29, 0.717) is 23.9 Å². The summed E-state index contributed by atoms with van der Waals surface area (Å²) in [5, 5.41) is 21.7. The lowest BCUT2D eigenvalue weighted by Gasteiger charge is -2.07. The molecule has 0 atom stereocenters. The number of benzene rings is 2. The van der Waals surface area contributed by atoms with Crippen molar-refractivity contribution in [2.75, 3.05) is 11.1 Å². The molecule has 130 valence electrons. The summed E-state index contributed by atoms with van der Waals surface area (Å²) in [5.41, 5.74) is 9.89. The molecule has 0 bridgehead atoms. The van der Waals surface area contributed by atoms with E-state index in [1.165, 1.54) is 0 Å². The smallest absolute Gasteiger partial charge is 0.243 e.